The Morgan fingerprint density at radius 2 is 1.80 bits per heavy atom. The van der Waals surface area contributed by atoms with E-state index in [0.29, 0.717) is 20.9 Å². The topological polar surface area (TPSA) is 12.0 Å². The van der Waals surface area contributed by atoms with E-state index in [9.17, 15) is 4.39 Å². The van der Waals surface area contributed by atoms with Crippen LogP contribution in [0, 0.1) is 5.82 Å². The predicted octanol–water partition coefficient (Wildman–Crippen LogP) is 5.40. The highest BCUT2D eigenvalue weighted by Crippen LogP contribution is 2.27. The molecule has 1 N–H and O–H groups in total. The zero-order chi connectivity index (χ0) is 14.7. The van der Waals surface area contributed by atoms with Crippen molar-refractivity contribution in [2.75, 3.05) is 7.05 Å². The molecular formula is C15H13BrCl2FN. The smallest absolute Gasteiger partial charge is 0.137 e. The minimum atomic E-state index is -0.263. The normalized spacial score (nSPS) is 12.4. The molecule has 20 heavy (non-hydrogen) atoms. The van der Waals surface area contributed by atoms with Crippen molar-refractivity contribution >= 4 is 39.1 Å². The highest BCUT2D eigenvalue weighted by atomic mass is 79.9. The molecule has 0 aliphatic carbocycles. The highest BCUT2D eigenvalue weighted by molar-refractivity contribution is 9.10. The Kier molecular flexibility index (Phi) is 5.44. The van der Waals surface area contributed by atoms with E-state index in [-0.39, 0.29) is 11.9 Å². The summed E-state index contributed by atoms with van der Waals surface area (Å²) in [7, 11) is 1.87. The van der Waals surface area contributed by atoms with Gasteiger partial charge in [0.25, 0.3) is 0 Å². The second-order valence-electron chi connectivity index (χ2n) is 4.50. The van der Waals surface area contributed by atoms with Crippen LogP contribution in [0.5, 0.6) is 0 Å². The zero-order valence-corrected chi connectivity index (χ0v) is 13.9. The molecule has 0 fully saturated rings. The van der Waals surface area contributed by atoms with Crippen LogP contribution in [0.15, 0.2) is 40.9 Å². The summed E-state index contributed by atoms with van der Waals surface area (Å²) in [6.45, 7) is 0. The molecule has 0 aliphatic rings. The number of likely N-dealkylation sites (N-methyl/N-ethyl adjacent to an activating group) is 1. The van der Waals surface area contributed by atoms with Crippen molar-refractivity contribution in [3.63, 3.8) is 0 Å². The van der Waals surface area contributed by atoms with Gasteiger partial charge in [0.15, 0.2) is 0 Å². The van der Waals surface area contributed by atoms with Crippen LogP contribution in [0.25, 0.3) is 0 Å². The van der Waals surface area contributed by atoms with Crippen molar-refractivity contribution < 1.29 is 4.39 Å². The molecule has 1 unspecified atom stereocenters. The van der Waals surface area contributed by atoms with Gasteiger partial charge >= 0.3 is 0 Å². The molecule has 0 amide bonds. The predicted molar refractivity (Wildman–Crippen MR) is 86.1 cm³/mol. The van der Waals surface area contributed by atoms with Gasteiger partial charge < -0.3 is 5.32 Å². The van der Waals surface area contributed by atoms with Crippen LogP contribution < -0.4 is 5.32 Å². The van der Waals surface area contributed by atoms with Gasteiger partial charge in [-0.25, -0.2) is 4.39 Å². The second kappa shape index (κ2) is 6.90. The van der Waals surface area contributed by atoms with Gasteiger partial charge in [-0.05, 0) is 70.9 Å². The maximum Gasteiger partial charge on any atom is 0.137 e. The molecule has 0 aliphatic heterocycles. The Balaban J connectivity index is 2.26. The standard InChI is InChI=1S/C15H13BrCl2FN/c1-20-15(10-6-11(17)8-12(18)7-10)5-9-2-3-14(19)13(16)4-9/h2-4,6-8,15,20H,5H2,1H3. The number of benzene rings is 2. The lowest BCUT2D eigenvalue weighted by molar-refractivity contribution is 0.588. The second-order valence-corrected chi connectivity index (χ2v) is 6.22. The van der Waals surface area contributed by atoms with Gasteiger partial charge in [-0.3, -0.25) is 0 Å². The Morgan fingerprint density at radius 1 is 1.15 bits per heavy atom. The average molecular weight is 377 g/mol. The number of hydrogen-bond acceptors (Lipinski definition) is 1. The zero-order valence-electron chi connectivity index (χ0n) is 10.8. The van der Waals surface area contributed by atoms with Crippen LogP contribution in [0.2, 0.25) is 10.0 Å². The van der Waals surface area contributed by atoms with Crippen LogP contribution in [0.4, 0.5) is 4.39 Å². The number of halogens is 4. The largest absolute Gasteiger partial charge is 0.313 e. The lowest BCUT2D eigenvalue weighted by atomic mass is 9.99. The van der Waals surface area contributed by atoms with Crippen molar-refractivity contribution in [3.8, 4) is 0 Å². The Bertz CT molecular complexity index is 599. The summed E-state index contributed by atoms with van der Waals surface area (Å²) >= 11 is 15.3. The molecule has 1 nitrogen and oxygen atoms in total. The van der Waals surface area contributed by atoms with Gasteiger partial charge in [0.1, 0.15) is 5.82 Å². The number of rotatable bonds is 4. The van der Waals surface area contributed by atoms with E-state index in [1.165, 1.54) is 6.07 Å². The molecule has 0 heterocycles. The minimum absolute atomic E-state index is 0.0589. The Hall–Kier alpha value is -0.610. The van der Waals surface area contributed by atoms with Crippen LogP contribution >= 0.6 is 39.1 Å². The van der Waals surface area contributed by atoms with Gasteiger partial charge in [0, 0.05) is 16.1 Å². The van der Waals surface area contributed by atoms with Crippen LogP contribution in [0.3, 0.4) is 0 Å². The third kappa shape index (κ3) is 3.95. The molecule has 0 aromatic heterocycles. The molecule has 5 heteroatoms. The molecule has 2 aromatic rings. The van der Waals surface area contributed by atoms with Crippen molar-refractivity contribution in [1.82, 2.24) is 5.32 Å². The molecule has 1 atom stereocenters. The summed E-state index contributed by atoms with van der Waals surface area (Å²) in [5.74, 6) is -0.263. The van der Waals surface area contributed by atoms with Crippen molar-refractivity contribution in [1.29, 1.82) is 0 Å². The molecular weight excluding hydrogens is 364 g/mol. The molecule has 0 saturated carbocycles. The fourth-order valence-electron chi connectivity index (χ4n) is 2.07. The Morgan fingerprint density at radius 3 is 2.35 bits per heavy atom. The van der Waals surface area contributed by atoms with Crippen LogP contribution in [-0.2, 0) is 6.42 Å². The SMILES string of the molecule is CNC(Cc1ccc(F)c(Br)c1)c1cc(Cl)cc(Cl)c1. The first-order valence-corrected chi connectivity index (χ1v) is 7.61. The summed E-state index contributed by atoms with van der Waals surface area (Å²) in [6, 6.07) is 10.5. The molecule has 0 saturated heterocycles. The minimum Gasteiger partial charge on any atom is -0.313 e. The molecule has 0 spiro atoms. The molecule has 0 bridgehead atoms. The summed E-state index contributed by atoms with van der Waals surface area (Å²) in [4.78, 5) is 0. The quantitative estimate of drug-likeness (QED) is 0.753. The third-order valence-corrected chi connectivity index (χ3v) is 4.10. The van der Waals surface area contributed by atoms with Gasteiger partial charge in [0.2, 0.25) is 0 Å². The van der Waals surface area contributed by atoms with Gasteiger partial charge in [-0.15, -0.1) is 0 Å². The van der Waals surface area contributed by atoms with Crippen LogP contribution in [-0.4, -0.2) is 7.05 Å². The van der Waals surface area contributed by atoms with E-state index in [0.717, 1.165) is 11.1 Å². The first-order valence-electron chi connectivity index (χ1n) is 6.07. The summed E-state index contributed by atoms with van der Waals surface area (Å²) < 4.78 is 13.7. The average Bonchev–Trinajstić information content (AvgIpc) is 2.38. The van der Waals surface area contributed by atoms with Gasteiger partial charge in [-0.1, -0.05) is 29.3 Å². The summed E-state index contributed by atoms with van der Waals surface area (Å²) in [5, 5.41) is 4.44. The lowest BCUT2D eigenvalue weighted by Crippen LogP contribution is -2.18. The van der Waals surface area contributed by atoms with E-state index in [1.54, 1.807) is 18.2 Å². The van der Waals surface area contributed by atoms with Crippen LogP contribution in [0.1, 0.15) is 17.2 Å². The fourth-order valence-corrected chi connectivity index (χ4v) is 3.03. The highest BCUT2D eigenvalue weighted by Gasteiger charge is 2.12. The maximum atomic E-state index is 13.2. The maximum absolute atomic E-state index is 13.2. The first-order chi connectivity index (χ1) is 9.49. The van der Waals surface area contributed by atoms with Crippen molar-refractivity contribution in [3.05, 3.63) is 67.9 Å². The summed E-state index contributed by atoms with van der Waals surface area (Å²) in [6.07, 6.45) is 0.714. The number of nitrogens with one attached hydrogen (secondary N) is 1. The van der Waals surface area contributed by atoms with E-state index >= 15 is 0 Å². The third-order valence-electron chi connectivity index (χ3n) is 3.06. The van der Waals surface area contributed by atoms with Gasteiger partial charge in [0.05, 0.1) is 4.47 Å². The van der Waals surface area contributed by atoms with Crippen molar-refractivity contribution in [2.24, 2.45) is 0 Å². The molecule has 2 rings (SSSR count). The molecule has 106 valence electrons. The summed E-state index contributed by atoms with van der Waals surface area (Å²) in [5.41, 5.74) is 2.03. The van der Waals surface area contributed by atoms with Gasteiger partial charge in [-0.2, -0.15) is 0 Å². The number of hydrogen-bond donors (Lipinski definition) is 1. The lowest BCUT2D eigenvalue weighted by Gasteiger charge is -2.18. The molecule has 2 aromatic carbocycles. The molecule has 0 radical (unpaired) electrons. The van der Waals surface area contributed by atoms with E-state index in [1.807, 2.05) is 19.2 Å². The Labute approximate surface area is 136 Å². The van der Waals surface area contributed by atoms with E-state index in [4.69, 9.17) is 23.2 Å². The first kappa shape index (κ1) is 15.8. The van der Waals surface area contributed by atoms with E-state index < -0.39 is 0 Å². The fraction of sp³-hybridized carbons (Fsp3) is 0.200. The van der Waals surface area contributed by atoms with E-state index in [2.05, 4.69) is 21.2 Å². The monoisotopic (exact) mass is 375 g/mol. The van der Waals surface area contributed by atoms with Crippen molar-refractivity contribution in [2.45, 2.75) is 12.5 Å².